The van der Waals surface area contributed by atoms with Crippen molar-refractivity contribution in [1.82, 2.24) is 0 Å². The molecule has 45 heavy (non-hydrogen) atoms. The fourth-order valence-electron chi connectivity index (χ4n) is 8.19. The van der Waals surface area contributed by atoms with Gasteiger partial charge in [0.05, 0.1) is 18.8 Å². The van der Waals surface area contributed by atoms with E-state index in [9.17, 15) is 0 Å². The molecule has 0 radical (unpaired) electrons. The molecule has 0 amide bonds. The minimum atomic E-state index is -1.99. The van der Waals surface area contributed by atoms with E-state index >= 15 is 0 Å². The van der Waals surface area contributed by atoms with Crippen LogP contribution in [0.4, 0.5) is 0 Å². The van der Waals surface area contributed by atoms with Gasteiger partial charge in [0.2, 0.25) is 0 Å². The lowest BCUT2D eigenvalue weighted by Gasteiger charge is -2.48. The van der Waals surface area contributed by atoms with Crippen molar-refractivity contribution in [2.45, 2.75) is 182 Å². The second-order valence-electron chi connectivity index (χ2n) is 20.1. The van der Waals surface area contributed by atoms with Crippen LogP contribution in [0.25, 0.3) is 0 Å². The van der Waals surface area contributed by atoms with Gasteiger partial charge in [0, 0.05) is 0 Å². The number of allylic oxidation sites excluding steroid dienone is 5. The zero-order valence-corrected chi connectivity index (χ0v) is 34.3. The van der Waals surface area contributed by atoms with Crippen molar-refractivity contribution in [3.05, 3.63) is 35.5 Å². The molecule has 3 unspecified atom stereocenters. The van der Waals surface area contributed by atoms with Gasteiger partial charge in [-0.1, -0.05) is 112 Å². The molecule has 0 aromatic heterocycles. The van der Waals surface area contributed by atoms with Gasteiger partial charge >= 0.3 is 0 Å². The molecule has 3 nitrogen and oxygen atoms in total. The summed E-state index contributed by atoms with van der Waals surface area (Å²) >= 11 is 0. The quantitative estimate of drug-likeness (QED) is 0.148. The molecule has 258 valence electrons. The van der Waals surface area contributed by atoms with Gasteiger partial charge in [-0.2, -0.15) is 0 Å². The summed E-state index contributed by atoms with van der Waals surface area (Å²) in [6.45, 7) is 36.6. The van der Waals surface area contributed by atoms with Crippen LogP contribution in [0, 0.1) is 28.6 Å². The van der Waals surface area contributed by atoms with E-state index in [2.05, 4.69) is 127 Å². The molecule has 4 aliphatic rings. The summed E-state index contributed by atoms with van der Waals surface area (Å²) in [5.41, 5.74) is 3.69. The van der Waals surface area contributed by atoms with Crippen LogP contribution in [0.5, 0.6) is 0 Å². The van der Waals surface area contributed by atoms with Crippen LogP contribution in [-0.2, 0) is 13.6 Å². The minimum Gasteiger partial charge on any atom is -0.410 e. The molecule has 1 saturated heterocycles. The van der Waals surface area contributed by atoms with Gasteiger partial charge in [-0.3, -0.25) is 0 Å². The van der Waals surface area contributed by atoms with E-state index in [0.29, 0.717) is 22.7 Å². The molecule has 0 aromatic rings. The average Bonchev–Trinajstić information content (AvgIpc) is 3.58. The lowest BCUT2D eigenvalue weighted by atomic mass is 9.61. The third-order valence-corrected chi connectivity index (χ3v) is 22.3. The Morgan fingerprint density at radius 1 is 0.867 bits per heavy atom. The Bertz CT molecular complexity index is 1100. The molecule has 3 aliphatic carbocycles. The first-order chi connectivity index (χ1) is 20.4. The van der Waals surface area contributed by atoms with Crippen molar-refractivity contribution >= 4 is 16.6 Å². The Labute approximate surface area is 281 Å². The summed E-state index contributed by atoms with van der Waals surface area (Å²) in [5.74, 6) is 2.14. The molecule has 1 aliphatic heterocycles. The number of hydrogen-bond donors (Lipinski definition) is 0. The van der Waals surface area contributed by atoms with Crippen LogP contribution in [0.2, 0.25) is 36.3 Å². The highest BCUT2D eigenvalue weighted by atomic mass is 28.4. The Hall–Kier alpha value is -0.466. The number of hydrogen-bond acceptors (Lipinski definition) is 3. The summed E-state index contributed by atoms with van der Waals surface area (Å²) in [5, 5.41) is 0.319. The van der Waals surface area contributed by atoms with Crippen molar-refractivity contribution < 1.29 is 13.6 Å². The summed E-state index contributed by atoms with van der Waals surface area (Å²) in [6, 6.07) is 0. The van der Waals surface area contributed by atoms with Gasteiger partial charge in [0.1, 0.15) is 5.60 Å². The van der Waals surface area contributed by atoms with Crippen LogP contribution in [0.1, 0.15) is 128 Å². The summed E-state index contributed by atoms with van der Waals surface area (Å²) < 4.78 is 20.9. The predicted molar refractivity (Wildman–Crippen MR) is 199 cm³/mol. The van der Waals surface area contributed by atoms with E-state index in [1.807, 2.05) is 0 Å². The van der Waals surface area contributed by atoms with Gasteiger partial charge < -0.3 is 13.6 Å². The summed E-state index contributed by atoms with van der Waals surface area (Å²) in [6.07, 6.45) is 20.0. The Balaban J connectivity index is 1.60. The standard InChI is InChI=1S/C40H72O3Si2/c1-29(18-16-24-36(2,3)4)32-22-23-33-31(19-17-25-39(32,33)11)21-20-30-26-34(42-44(12,13)37(5,6)7)40(28-41-40)35(27-30)43-45(14,15)38(8,9)10/h16,18,20-21,29,32-35H,17,19,22-28H2,1-15H3/b18-16+,30-20?,31-21+/t29-,32?,33?,34-,35-,39?,40?/m1/s1. The molecule has 5 heteroatoms. The zero-order valence-electron chi connectivity index (χ0n) is 32.3. The zero-order chi connectivity index (χ0) is 33.9. The van der Waals surface area contributed by atoms with Crippen LogP contribution in [0.15, 0.2) is 35.5 Å². The second-order valence-corrected chi connectivity index (χ2v) is 29.6. The Kier molecular flexibility index (Phi) is 10.6. The number of fused-ring (bicyclic) bond motifs is 1. The highest BCUT2D eigenvalue weighted by Crippen LogP contribution is 2.60. The van der Waals surface area contributed by atoms with Gasteiger partial charge in [-0.25, -0.2) is 0 Å². The monoisotopic (exact) mass is 657 g/mol. The molecule has 3 saturated carbocycles. The van der Waals surface area contributed by atoms with Crippen molar-refractivity contribution in [2.75, 3.05) is 6.61 Å². The highest BCUT2D eigenvalue weighted by Gasteiger charge is 2.63. The lowest BCUT2D eigenvalue weighted by molar-refractivity contribution is -0.0172. The van der Waals surface area contributed by atoms with Crippen LogP contribution < -0.4 is 0 Å². The molecule has 1 heterocycles. The number of epoxide rings is 1. The summed E-state index contributed by atoms with van der Waals surface area (Å²) in [7, 11) is -3.98. The smallest absolute Gasteiger partial charge is 0.192 e. The normalized spacial score (nSPS) is 34.9. The highest BCUT2D eigenvalue weighted by molar-refractivity contribution is 6.74. The number of rotatable bonds is 8. The largest absolute Gasteiger partial charge is 0.410 e. The fraction of sp³-hybridized carbons (Fsp3) is 0.850. The van der Waals surface area contributed by atoms with Crippen molar-refractivity contribution in [3.63, 3.8) is 0 Å². The third-order valence-electron chi connectivity index (χ3n) is 13.3. The van der Waals surface area contributed by atoms with Crippen LogP contribution in [0.3, 0.4) is 0 Å². The lowest BCUT2D eigenvalue weighted by Crippen LogP contribution is -2.57. The molecule has 0 N–H and O–H groups in total. The third kappa shape index (κ3) is 8.06. The second kappa shape index (κ2) is 12.8. The first-order valence-electron chi connectivity index (χ1n) is 18.5. The molecular weight excluding hydrogens is 585 g/mol. The molecule has 0 bridgehead atoms. The van der Waals surface area contributed by atoms with E-state index in [-0.39, 0.29) is 27.9 Å². The molecule has 4 fully saturated rings. The van der Waals surface area contributed by atoms with Gasteiger partial charge in [-0.15, -0.1) is 0 Å². The fourth-order valence-corrected chi connectivity index (χ4v) is 10.9. The molecule has 6 atom stereocenters. The van der Waals surface area contributed by atoms with E-state index in [4.69, 9.17) is 13.6 Å². The van der Waals surface area contributed by atoms with Crippen LogP contribution in [-0.4, -0.2) is 41.1 Å². The number of ether oxygens (including phenoxy) is 1. The first-order valence-corrected chi connectivity index (χ1v) is 24.3. The topological polar surface area (TPSA) is 31.0 Å². The molecule has 0 aromatic carbocycles. The maximum Gasteiger partial charge on any atom is 0.192 e. The molecule has 1 spiro atoms. The van der Waals surface area contributed by atoms with Crippen molar-refractivity contribution in [2.24, 2.45) is 28.6 Å². The van der Waals surface area contributed by atoms with Gasteiger partial charge in [0.15, 0.2) is 16.6 Å². The average molecular weight is 657 g/mol. The van der Waals surface area contributed by atoms with E-state index in [1.165, 1.54) is 37.7 Å². The van der Waals surface area contributed by atoms with E-state index in [1.54, 1.807) is 5.57 Å². The maximum absolute atomic E-state index is 7.23. The van der Waals surface area contributed by atoms with Gasteiger partial charge in [0.25, 0.3) is 0 Å². The predicted octanol–water partition coefficient (Wildman–Crippen LogP) is 12.0. The first kappa shape index (κ1) is 37.4. The van der Waals surface area contributed by atoms with Crippen LogP contribution >= 0.6 is 0 Å². The molecule has 4 rings (SSSR count). The van der Waals surface area contributed by atoms with E-state index in [0.717, 1.165) is 31.8 Å². The summed E-state index contributed by atoms with van der Waals surface area (Å²) in [4.78, 5) is 0. The van der Waals surface area contributed by atoms with Gasteiger partial charge in [-0.05, 0) is 116 Å². The van der Waals surface area contributed by atoms with Crippen molar-refractivity contribution in [3.8, 4) is 0 Å². The van der Waals surface area contributed by atoms with E-state index < -0.39 is 16.6 Å². The van der Waals surface area contributed by atoms with Crippen molar-refractivity contribution in [1.29, 1.82) is 0 Å². The Morgan fingerprint density at radius 3 is 1.87 bits per heavy atom. The minimum absolute atomic E-state index is 0.0692. The molecular formula is C40H72O3Si2. The maximum atomic E-state index is 7.23. The SMILES string of the molecule is C[C@H](/C=C/CC(C)(C)C)C1CCC2/C(=C/C=C3C[C@@H](O[Si](C)(C)C(C)(C)C)C4(CO4)[C@H](O[Si](C)(C)C(C)(C)C)C3)CCCC21C. The Morgan fingerprint density at radius 2 is 1.40 bits per heavy atom.